The Labute approximate surface area is 260 Å². The molecule has 42 heavy (non-hydrogen) atoms. The topological polar surface area (TPSA) is 37.4 Å². The monoisotopic (exact) mass is 615 g/mol. The van der Waals surface area contributed by atoms with Gasteiger partial charge in [0.15, 0.2) is 12.6 Å². The van der Waals surface area contributed by atoms with Crippen LogP contribution in [0.2, 0.25) is 6.32 Å². The first-order valence-corrected chi connectivity index (χ1v) is 16.7. The molecule has 0 fully saturated rings. The minimum absolute atomic E-state index is 0.623. The van der Waals surface area contributed by atoms with Gasteiger partial charge in [0.2, 0.25) is 0 Å². The van der Waals surface area contributed by atoms with E-state index < -0.39 is 0 Å². The first-order chi connectivity index (χ1) is 20.6. The van der Waals surface area contributed by atoms with Crippen LogP contribution < -0.4 is 4.90 Å². The Bertz CT molecular complexity index is 2000. The molecule has 3 aromatic carbocycles. The van der Waals surface area contributed by atoms with E-state index in [0.29, 0.717) is 6.32 Å². The van der Waals surface area contributed by atoms with Crippen molar-refractivity contribution in [2.45, 2.75) is 12.7 Å². The maximum atomic E-state index is 11.4. The second-order valence-electron chi connectivity index (χ2n) is 9.85. The summed E-state index contributed by atoms with van der Waals surface area (Å²) in [7, 11) is 5.79. The van der Waals surface area contributed by atoms with Crippen LogP contribution in [0.3, 0.4) is 0 Å². The number of nitrogens with zero attached hydrogens (tertiary/aromatic N) is 1. The highest BCUT2D eigenvalue weighted by molar-refractivity contribution is 7.30. The summed E-state index contributed by atoms with van der Waals surface area (Å²) in [5.74, 6) is 0. The number of carbonyl (C=O) groups is 2. The lowest BCUT2D eigenvalue weighted by atomic mass is 9.97. The zero-order valence-electron chi connectivity index (χ0n) is 22.3. The minimum Gasteiger partial charge on any atom is -0.311 e. The maximum absolute atomic E-state index is 11.4. The molecule has 7 rings (SSSR count). The molecule has 0 bridgehead atoms. The van der Waals surface area contributed by atoms with E-state index in [-0.39, 0.29) is 0 Å². The van der Waals surface area contributed by atoms with Crippen LogP contribution in [0.1, 0.15) is 25.6 Å². The summed E-state index contributed by atoms with van der Waals surface area (Å²) < 4.78 is 4.50. The van der Waals surface area contributed by atoms with Gasteiger partial charge in [0.25, 0.3) is 0 Å². The van der Waals surface area contributed by atoms with Crippen molar-refractivity contribution in [1.82, 2.24) is 0 Å². The number of rotatable bonds is 9. The van der Waals surface area contributed by atoms with E-state index in [9.17, 15) is 9.59 Å². The van der Waals surface area contributed by atoms with E-state index in [4.69, 9.17) is 7.85 Å². The van der Waals surface area contributed by atoms with Gasteiger partial charge in [-0.05, 0) is 77.7 Å². The van der Waals surface area contributed by atoms with Gasteiger partial charge in [-0.1, -0.05) is 42.7 Å². The molecule has 0 spiro atoms. The van der Waals surface area contributed by atoms with E-state index in [0.717, 1.165) is 81.3 Å². The second kappa shape index (κ2) is 11.5. The molecule has 7 aromatic rings. The first-order valence-electron chi connectivity index (χ1n) is 13.4. The Morgan fingerprint density at radius 2 is 1.21 bits per heavy atom. The van der Waals surface area contributed by atoms with Crippen molar-refractivity contribution in [2.24, 2.45) is 0 Å². The summed E-state index contributed by atoms with van der Waals surface area (Å²) in [4.78, 5) is 27.9. The van der Waals surface area contributed by atoms with Crippen molar-refractivity contribution in [3.63, 3.8) is 0 Å². The lowest BCUT2D eigenvalue weighted by Crippen LogP contribution is -2.09. The number of carbonyl (C=O) groups excluding carboxylic acids is 2. The van der Waals surface area contributed by atoms with Crippen molar-refractivity contribution < 1.29 is 9.59 Å². The first kappa shape index (κ1) is 27.0. The summed E-state index contributed by atoms with van der Waals surface area (Å²) in [5, 5.41) is 1.92. The average Bonchev–Trinajstić information content (AvgIpc) is 3.79. The molecule has 8 heteroatoms. The SMILES string of the molecule is [B]CCc1ccc(N(c2ccc(-c3cc4sc(C=O)cc4s3)cc2)c2ccc(-c3cc4scc(C=O)c4s3)cc2)cc1. The van der Waals surface area contributed by atoms with Gasteiger partial charge in [-0.25, -0.2) is 0 Å². The normalized spacial score (nSPS) is 11.3. The van der Waals surface area contributed by atoms with Gasteiger partial charge >= 0.3 is 0 Å². The van der Waals surface area contributed by atoms with E-state index >= 15 is 0 Å². The Morgan fingerprint density at radius 3 is 1.79 bits per heavy atom. The van der Waals surface area contributed by atoms with Gasteiger partial charge in [-0.15, -0.1) is 45.3 Å². The molecule has 0 aliphatic carbocycles. The van der Waals surface area contributed by atoms with Crippen molar-refractivity contribution in [1.29, 1.82) is 0 Å². The average molecular weight is 616 g/mol. The number of hydrogen-bond acceptors (Lipinski definition) is 7. The van der Waals surface area contributed by atoms with Crippen molar-refractivity contribution in [3.8, 4) is 20.9 Å². The van der Waals surface area contributed by atoms with Crippen LogP contribution in [0.4, 0.5) is 17.1 Å². The summed E-state index contributed by atoms with van der Waals surface area (Å²) in [5.41, 5.74) is 7.46. The van der Waals surface area contributed by atoms with Crippen LogP contribution in [0.5, 0.6) is 0 Å². The fourth-order valence-corrected chi connectivity index (χ4v) is 9.62. The summed E-state index contributed by atoms with van der Waals surface area (Å²) >= 11 is 6.53. The molecular formula is C34H22BNO2S4. The van der Waals surface area contributed by atoms with Gasteiger partial charge < -0.3 is 4.90 Å². The molecule has 4 heterocycles. The number of aldehydes is 2. The Balaban J connectivity index is 1.23. The molecule has 4 aromatic heterocycles. The summed E-state index contributed by atoms with van der Waals surface area (Å²) in [6.07, 6.45) is 3.33. The Hall–Kier alpha value is -3.82. The number of anilines is 3. The van der Waals surface area contributed by atoms with Gasteiger partial charge in [0.05, 0.1) is 17.4 Å². The summed E-state index contributed by atoms with van der Waals surface area (Å²) in [6, 6.07) is 32.2. The number of thiophene rings is 4. The standard InChI is InChI=1S/C34H22BNO2S4/c35-14-13-21-1-7-25(8-2-21)36(26-9-3-22(4-10-26)29-16-32-31(41-29)15-28(19-38)40-32)27-11-5-23(6-12-27)30-17-33-34(42-30)24(18-37)20-39-33/h1-12,15-20H,13-14H2. The number of fused-ring (bicyclic) bond motifs is 2. The molecule has 0 aliphatic rings. The predicted octanol–water partition coefficient (Wildman–Crippen LogP) is 10.8. The number of hydrogen-bond donors (Lipinski definition) is 0. The largest absolute Gasteiger partial charge is 0.311 e. The van der Waals surface area contributed by atoms with Crippen LogP contribution >= 0.6 is 45.3 Å². The second-order valence-corrected chi connectivity index (χ2v) is 14.0. The lowest BCUT2D eigenvalue weighted by molar-refractivity contribution is 0.111. The highest BCUT2D eigenvalue weighted by Crippen LogP contribution is 2.42. The lowest BCUT2D eigenvalue weighted by Gasteiger charge is -2.26. The molecule has 0 saturated heterocycles. The molecule has 3 nitrogen and oxygen atoms in total. The molecule has 0 unspecified atom stereocenters. The van der Waals surface area contributed by atoms with Crippen LogP contribution in [0, 0.1) is 0 Å². The van der Waals surface area contributed by atoms with Gasteiger partial charge in [0.1, 0.15) is 0 Å². The van der Waals surface area contributed by atoms with Crippen LogP contribution in [-0.4, -0.2) is 20.4 Å². The highest BCUT2D eigenvalue weighted by Gasteiger charge is 2.16. The molecule has 202 valence electrons. The van der Waals surface area contributed by atoms with Gasteiger partial charge in [-0.2, -0.15) is 0 Å². The fourth-order valence-electron chi connectivity index (χ4n) is 5.10. The highest BCUT2D eigenvalue weighted by atomic mass is 32.1. The molecule has 0 aliphatic heterocycles. The summed E-state index contributed by atoms with van der Waals surface area (Å²) in [6.45, 7) is 0. The van der Waals surface area contributed by atoms with E-state index in [2.05, 4.69) is 89.8 Å². The van der Waals surface area contributed by atoms with E-state index in [1.165, 1.54) is 21.8 Å². The Kier molecular flexibility index (Phi) is 7.38. The molecule has 0 N–H and O–H groups in total. The molecule has 0 atom stereocenters. The molecule has 0 amide bonds. The number of benzene rings is 3. The predicted molar refractivity (Wildman–Crippen MR) is 184 cm³/mol. The van der Waals surface area contributed by atoms with E-state index in [1.807, 2.05) is 11.4 Å². The zero-order valence-corrected chi connectivity index (χ0v) is 25.5. The Morgan fingerprint density at radius 1 is 0.643 bits per heavy atom. The molecule has 2 radical (unpaired) electrons. The van der Waals surface area contributed by atoms with Crippen molar-refractivity contribution in [2.75, 3.05) is 4.90 Å². The van der Waals surface area contributed by atoms with Crippen molar-refractivity contribution in [3.05, 3.63) is 112 Å². The zero-order chi connectivity index (χ0) is 28.6. The molecule has 0 saturated carbocycles. The number of aryl methyl sites for hydroxylation is 1. The van der Waals surface area contributed by atoms with E-state index in [1.54, 1.807) is 34.0 Å². The van der Waals surface area contributed by atoms with Gasteiger partial charge in [0, 0.05) is 51.9 Å². The third kappa shape index (κ3) is 5.05. The van der Waals surface area contributed by atoms with Crippen molar-refractivity contribution >= 4 is 102 Å². The smallest absolute Gasteiger partial charge is 0.160 e. The quantitative estimate of drug-likeness (QED) is 0.120. The fraction of sp³-hybridized carbons (Fsp3) is 0.0588. The van der Waals surface area contributed by atoms with Gasteiger partial charge in [-0.3, -0.25) is 9.59 Å². The van der Waals surface area contributed by atoms with Crippen LogP contribution in [-0.2, 0) is 6.42 Å². The third-order valence-electron chi connectivity index (χ3n) is 7.19. The third-order valence-corrected chi connectivity index (χ3v) is 11.8. The molecular weight excluding hydrogens is 593 g/mol. The van der Waals surface area contributed by atoms with Crippen LogP contribution in [0.15, 0.2) is 96.4 Å². The van der Waals surface area contributed by atoms with Crippen LogP contribution in [0.25, 0.3) is 39.7 Å². The maximum Gasteiger partial charge on any atom is 0.160 e. The minimum atomic E-state index is 0.623.